The summed E-state index contributed by atoms with van der Waals surface area (Å²) in [5.74, 6) is 2.98. The molecule has 2 heterocycles. The van der Waals surface area contributed by atoms with Gasteiger partial charge in [-0.05, 0) is 48.9 Å². The van der Waals surface area contributed by atoms with E-state index in [4.69, 9.17) is 18.9 Å². The molecule has 2 saturated heterocycles. The number of amides is 3. The van der Waals surface area contributed by atoms with Crippen LogP contribution in [0.25, 0.3) is 0 Å². The Bertz CT molecular complexity index is 1190. The van der Waals surface area contributed by atoms with Gasteiger partial charge in [0.25, 0.3) is 0 Å². The average molecular weight is 566 g/mol. The van der Waals surface area contributed by atoms with Gasteiger partial charge in [-0.2, -0.15) is 0 Å². The lowest BCUT2D eigenvalue weighted by Crippen LogP contribution is -2.49. The van der Waals surface area contributed by atoms with E-state index in [0.717, 1.165) is 35.6 Å². The van der Waals surface area contributed by atoms with Crippen LogP contribution in [0.4, 0.5) is 10.5 Å². The van der Waals surface area contributed by atoms with Crippen molar-refractivity contribution >= 4 is 17.6 Å². The number of hydrogen-bond acceptors (Lipinski definition) is 6. The lowest BCUT2D eigenvalue weighted by Gasteiger charge is -2.36. The number of carbonyl (C=O) groups excluding carboxylic acids is 2. The van der Waals surface area contributed by atoms with Crippen LogP contribution in [0.1, 0.15) is 49.7 Å². The fourth-order valence-electron chi connectivity index (χ4n) is 5.78. The van der Waals surface area contributed by atoms with Crippen LogP contribution in [0.5, 0.6) is 17.2 Å². The van der Waals surface area contributed by atoms with Crippen molar-refractivity contribution in [2.24, 2.45) is 5.92 Å². The van der Waals surface area contributed by atoms with Gasteiger partial charge in [-0.1, -0.05) is 31.4 Å². The van der Waals surface area contributed by atoms with E-state index in [9.17, 15) is 9.59 Å². The molecule has 9 nitrogen and oxygen atoms in total. The van der Waals surface area contributed by atoms with Gasteiger partial charge in [0, 0.05) is 43.5 Å². The minimum atomic E-state index is -0.0500. The highest BCUT2D eigenvalue weighted by Crippen LogP contribution is 2.35. The fourth-order valence-corrected chi connectivity index (χ4v) is 5.78. The molecule has 1 aliphatic carbocycles. The normalized spacial score (nSPS) is 17.8. The summed E-state index contributed by atoms with van der Waals surface area (Å²) in [5, 5.41) is 0. The first kappa shape index (κ1) is 29.0. The summed E-state index contributed by atoms with van der Waals surface area (Å²) >= 11 is 0. The van der Waals surface area contributed by atoms with Gasteiger partial charge in [0.15, 0.2) is 11.5 Å². The molecule has 0 radical (unpaired) electrons. The molecule has 0 atom stereocenters. The standard InChI is InChI=1S/C32H43N3O6/c1-38-28-12-11-27(22-30(28)41-17-4-8-24-6-3-7-24)35-14-5-13-34(32(35)37)23-26-10-9-25(20-29(26)39-2)21-31(36)33-15-18-40-19-16-33/h9-12,20,22,24H,3-8,13-19,21,23H2,1-2H3. The van der Waals surface area contributed by atoms with Crippen LogP contribution in [0, 0.1) is 5.92 Å². The SMILES string of the molecule is COc1cc(CC(=O)N2CCOCC2)ccc1CN1CCCN(c2ccc(OC)c(OCCCC3CCC3)c2)C1=O. The van der Waals surface area contributed by atoms with Crippen molar-refractivity contribution in [3.63, 3.8) is 0 Å². The number of methoxy groups -OCH3 is 2. The minimum absolute atomic E-state index is 0.0500. The van der Waals surface area contributed by atoms with Crippen molar-refractivity contribution in [1.29, 1.82) is 0 Å². The summed E-state index contributed by atoms with van der Waals surface area (Å²) in [5.41, 5.74) is 2.61. The molecule has 2 aliphatic heterocycles. The first-order chi connectivity index (χ1) is 20.1. The van der Waals surface area contributed by atoms with Gasteiger partial charge < -0.3 is 28.7 Å². The molecule has 0 bridgehead atoms. The van der Waals surface area contributed by atoms with Crippen LogP contribution >= 0.6 is 0 Å². The van der Waals surface area contributed by atoms with E-state index in [1.54, 1.807) is 14.2 Å². The Hall–Kier alpha value is -3.46. The quantitative estimate of drug-likeness (QED) is 0.341. The summed E-state index contributed by atoms with van der Waals surface area (Å²) in [4.78, 5) is 31.9. The molecule has 2 aromatic rings. The number of ether oxygens (including phenoxy) is 4. The molecule has 5 rings (SSSR count). The van der Waals surface area contributed by atoms with Crippen LogP contribution in [0.3, 0.4) is 0 Å². The molecule has 3 aliphatic rings. The zero-order valence-electron chi connectivity index (χ0n) is 24.4. The minimum Gasteiger partial charge on any atom is -0.496 e. The lowest BCUT2D eigenvalue weighted by molar-refractivity contribution is -0.134. The van der Waals surface area contributed by atoms with E-state index in [0.29, 0.717) is 76.2 Å². The summed E-state index contributed by atoms with van der Waals surface area (Å²) in [6.45, 7) is 4.80. The summed E-state index contributed by atoms with van der Waals surface area (Å²) < 4.78 is 22.7. The van der Waals surface area contributed by atoms with Crippen molar-refractivity contribution in [1.82, 2.24) is 9.80 Å². The van der Waals surface area contributed by atoms with E-state index in [1.807, 2.05) is 51.1 Å². The van der Waals surface area contributed by atoms with Crippen LogP contribution in [-0.2, 0) is 22.5 Å². The van der Waals surface area contributed by atoms with E-state index in [-0.39, 0.29) is 11.9 Å². The van der Waals surface area contributed by atoms with Crippen LogP contribution in [-0.4, -0.2) is 82.0 Å². The molecule has 0 spiro atoms. The number of nitrogens with zero attached hydrogens (tertiary/aromatic N) is 3. The molecule has 0 aromatic heterocycles. The Morgan fingerprint density at radius 1 is 0.927 bits per heavy atom. The monoisotopic (exact) mass is 565 g/mol. The second kappa shape index (κ2) is 13.9. The zero-order chi connectivity index (χ0) is 28.6. The zero-order valence-corrected chi connectivity index (χ0v) is 24.4. The average Bonchev–Trinajstić information content (AvgIpc) is 2.98. The maximum Gasteiger partial charge on any atom is 0.324 e. The first-order valence-electron chi connectivity index (χ1n) is 14.9. The van der Waals surface area contributed by atoms with Crippen LogP contribution in [0.15, 0.2) is 36.4 Å². The summed E-state index contributed by atoms with van der Waals surface area (Å²) in [7, 11) is 3.27. The second-order valence-electron chi connectivity index (χ2n) is 11.1. The van der Waals surface area contributed by atoms with E-state index >= 15 is 0 Å². The summed E-state index contributed by atoms with van der Waals surface area (Å²) in [6.07, 6.45) is 7.44. The number of rotatable bonds is 12. The fraction of sp³-hybridized carbons (Fsp3) is 0.562. The highest BCUT2D eigenvalue weighted by atomic mass is 16.5. The first-order valence-corrected chi connectivity index (χ1v) is 14.9. The number of benzene rings is 2. The van der Waals surface area contributed by atoms with Crippen molar-refractivity contribution < 1.29 is 28.5 Å². The van der Waals surface area contributed by atoms with Crippen molar-refractivity contribution in [3.05, 3.63) is 47.5 Å². The maximum atomic E-state index is 13.6. The summed E-state index contributed by atoms with van der Waals surface area (Å²) in [6, 6.07) is 11.5. The number of urea groups is 1. The molecule has 0 unspecified atom stereocenters. The molecular formula is C32H43N3O6. The molecule has 41 heavy (non-hydrogen) atoms. The van der Waals surface area contributed by atoms with E-state index in [2.05, 4.69) is 0 Å². The van der Waals surface area contributed by atoms with Gasteiger partial charge in [-0.25, -0.2) is 4.79 Å². The number of anilines is 1. The topological polar surface area (TPSA) is 80.8 Å². The van der Waals surface area contributed by atoms with Crippen molar-refractivity contribution in [2.75, 3.05) is 65.1 Å². The molecule has 9 heteroatoms. The van der Waals surface area contributed by atoms with Crippen LogP contribution < -0.4 is 19.1 Å². The number of carbonyl (C=O) groups is 2. The molecule has 2 aromatic carbocycles. The maximum absolute atomic E-state index is 13.6. The number of hydrogen-bond donors (Lipinski definition) is 0. The largest absolute Gasteiger partial charge is 0.496 e. The Morgan fingerprint density at radius 2 is 1.73 bits per heavy atom. The molecule has 1 saturated carbocycles. The predicted octanol–water partition coefficient (Wildman–Crippen LogP) is 4.90. The van der Waals surface area contributed by atoms with Gasteiger partial charge in [-0.3, -0.25) is 9.69 Å². The third kappa shape index (κ3) is 7.25. The van der Waals surface area contributed by atoms with Gasteiger partial charge in [0.05, 0.1) is 47.0 Å². The third-order valence-electron chi connectivity index (χ3n) is 8.44. The molecule has 3 fully saturated rings. The number of morpholine rings is 1. The Balaban J connectivity index is 1.22. The van der Waals surface area contributed by atoms with Crippen LogP contribution in [0.2, 0.25) is 0 Å². The van der Waals surface area contributed by atoms with Gasteiger partial charge in [0.2, 0.25) is 5.91 Å². The van der Waals surface area contributed by atoms with Crippen molar-refractivity contribution in [3.8, 4) is 17.2 Å². The Kier molecular flexibility index (Phi) is 9.88. The third-order valence-corrected chi connectivity index (χ3v) is 8.44. The lowest BCUT2D eigenvalue weighted by atomic mass is 9.82. The molecular weight excluding hydrogens is 522 g/mol. The smallest absolute Gasteiger partial charge is 0.324 e. The van der Waals surface area contributed by atoms with Gasteiger partial charge in [0.1, 0.15) is 5.75 Å². The highest BCUT2D eigenvalue weighted by Gasteiger charge is 2.28. The highest BCUT2D eigenvalue weighted by molar-refractivity contribution is 5.93. The van der Waals surface area contributed by atoms with E-state index in [1.165, 1.54) is 25.7 Å². The van der Waals surface area contributed by atoms with Crippen molar-refractivity contribution in [2.45, 2.75) is 51.5 Å². The Morgan fingerprint density at radius 3 is 2.46 bits per heavy atom. The molecule has 3 amide bonds. The molecule has 222 valence electrons. The van der Waals surface area contributed by atoms with Gasteiger partial charge in [-0.15, -0.1) is 0 Å². The van der Waals surface area contributed by atoms with E-state index < -0.39 is 0 Å². The Labute approximate surface area is 243 Å². The predicted molar refractivity (Wildman–Crippen MR) is 157 cm³/mol. The van der Waals surface area contributed by atoms with Gasteiger partial charge >= 0.3 is 6.03 Å². The molecule has 0 N–H and O–H groups in total. The second-order valence-corrected chi connectivity index (χ2v) is 11.1.